The van der Waals surface area contributed by atoms with Crippen molar-refractivity contribution in [3.05, 3.63) is 58.1 Å². The quantitative estimate of drug-likeness (QED) is 0.751. The van der Waals surface area contributed by atoms with Gasteiger partial charge in [-0.2, -0.15) is 0 Å². The van der Waals surface area contributed by atoms with E-state index in [0.29, 0.717) is 5.56 Å². The van der Waals surface area contributed by atoms with Crippen LogP contribution in [0, 0.1) is 0 Å². The van der Waals surface area contributed by atoms with Crippen molar-refractivity contribution in [2.24, 2.45) is 0 Å². The third-order valence-corrected chi connectivity index (χ3v) is 2.33. The van der Waals surface area contributed by atoms with Gasteiger partial charge in [-0.25, -0.2) is 4.79 Å². The van der Waals surface area contributed by atoms with Gasteiger partial charge in [0.25, 0.3) is 11.5 Å². The number of carboxylic acid groups (broad SMARTS) is 1. The van der Waals surface area contributed by atoms with Gasteiger partial charge in [0, 0.05) is 18.0 Å². The van der Waals surface area contributed by atoms with Gasteiger partial charge in [-0.1, -0.05) is 0 Å². The summed E-state index contributed by atoms with van der Waals surface area (Å²) >= 11 is 0. The van der Waals surface area contributed by atoms with E-state index in [2.05, 4.69) is 15.3 Å². The Labute approximate surface area is 106 Å². The molecule has 7 heteroatoms. The monoisotopic (exact) mass is 259 g/mol. The van der Waals surface area contributed by atoms with E-state index in [9.17, 15) is 14.4 Å². The van der Waals surface area contributed by atoms with Gasteiger partial charge in [0.05, 0.1) is 0 Å². The summed E-state index contributed by atoms with van der Waals surface area (Å²) in [5, 5.41) is 11.2. The highest BCUT2D eigenvalue weighted by molar-refractivity contribution is 6.03. The zero-order valence-corrected chi connectivity index (χ0v) is 9.58. The minimum Gasteiger partial charge on any atom is -0.477 e. The van der Waals surface area contributed by atoms with Crippen molar-refractivity contribution in [2.75, 3.05) is 5.32 Å². The number of anilines is 1. The smallest absolute Gasteiger partial charge is 0.341 e. The topological polar surface area (TPSA) is 112 Å². The largest absolute Gasteiger partial charge is 0.477 e. The number of hydrogen-bond acceptors (Lipinski definition) is 4. The number of aromatic amines is 1. The molecule has 2 aromatic rings. The van der Waals surface area contributed by atoms with E-state index in [4.69, 9.17) is 5.11 Å². The number of nitrogens with one attached hydrogen (secondary N) is 2. The fourth-order valence-electron chi connectivity index (χ4n) is 1.41. The van der Waals surface area contributed by atoms with Crippen molar-refractivity contribution in [3.63, 3.8) is 0 Å². The number of carbonyl (C=O) groups excluding carboxylic acids is 1. The Morgan fingerprint density at radius 1 is 1.16 bits per heavy atom. The fraction of sp³-hybridized carbons (Fsp3) is 0. The molecule has 96 valence electrons. The number of hydrogen-bond donors (Lipinski definition) is 3. The molecule has 7 nitrogen and oxygen atoms in total. The van der Waals surface area contributed by atoms with E-state index >= 15 is 0 Å². The lowest BCUT2D eigenvalue weighted by Crippen LogP contribution is -2.20. The number of amides is 1. The van der Waals surface area contributed by atoms with Crippen LogP contribution in [0.5, 0.6) is 0 Å². The Morgan fingerprint density at radius 2 is 1.84 bits per heavy atom. The predicted octanol–water partition coefficient (Wildman–Crippen LogP) is 0.720. The molecule has 2 heterocycles. The number of aromatic carboxylic acids is 1. The molecular formula is C12H9N3O4. The first-order valence-corrected chi connectivity index (χ1v) is 5.26. The van der Waals surface area contributed by atoms with Crippen LogP contribution < -0.4 is 10.9 Å². The van der Waals surface area contributed by atoms with Crippen LogP contribution in [0.1, 0.15) is 20.7 Å². The summed E-state index contributed by atoms with van der Waals surface area (Å²) in [4.78, 5) is 39.9. The molecule has 0 atom stereocenters. The summed E-state index contributed by atoms with van der Waals surface area (Å²) in [7, 11) is 0. The molecule has 0 bridgehead atoms. The molecular weight excluding hydrogens is 250 g/mol. The maximum atomic E-state index is 11.8. The fourth-order valence-corrected chi connectivity index (χ4v) is 1.41. The van der Waals surface area contributed by atoms with Crippen LogP contribution >= 0.6 is 0 Å². The summed E-state index contributed by atoms with van der Waals surface area (Å²) in [6, 6.07) is 5.46. The standard InChI is InChI=1S/C12H9N3O4/c16-10(7-3-5-13-6-4-7)14-9-2-1-8(12(18)19)11(17)15-9/h1-6H,(H,18,19)(H2,14,15,16,17). The predicted molar refractivity (Wildman–Crippen MR) is 66.2 cm³/mol. The van der Waals surface area contributed by atoms with Crippen LogP contribution in [0.15, 0.2) is 41.5 Å². The lowest BCUT2D eigenvalue weighted by Gasteiger charge is -2.04. The average molecular weight is 259 g/mol. The zero-order valence-electron chi connectivity index (χ0n) is 9.58. The number of carboxylic acids is 1. The maximum Gasteiger partial charge on any atom is 0.341 e. The lowest BCUT2D eigenvalue weighted by atomic mass is 10.2. The second-order valence-corrected chi connectivity index (χ2v) is 3.61. The molecule has 0 aliphatic heterocycles. The SMILES string of the molecule is O=C(Nc1ccc(C(=O)O)c(=O)[nH]1)c1ccncc1. The van der Waals surface area contributed by atoms with E-state index in [0.717, 1.165) is 6.07 Å². The Kier molecular flexibility index (Phi) is 3.37. The maximum absolute atomic E-state index is 11.8. The third-order valence-electron chi connectivity index (χ3n) is 2.33. The number of pyridine rings is 2. The summed E-state index contributed by atoms with van der Waals surface area (Å²) in [5.74, 6) is -1.63. The van der Waals surface area contributed by atoms with Crippen LogP contribution in [0.4, 0.5) is 5.82 Å². The van der Waals surface area contributed by atoms with Gasteiger partial charge >= 0.3 is 5.97 Å². The Bertz CT molecular complexity index is 679. The number of carbonyl (C=O) groups is 2. The number of nitrogens with zero attached hydrogens (tertiary/aromatic N) is 1. The molecule has 0 fully saturated rings. The number of H-pyrrole nitrogens is 1. The third kappa shape index (κ3) is 2.83. The van der Waals surface area contributed by atoms with Crippen molar-refractivity contribution < 1.29 is 14.7 Å². The lowest BCUT2D eigenvalue weighted by molar-refractivity contribution is 0.0695. The first-order valence-electron chi connectivity index (χ1n) is 5.26. The Balaban J connectivity index is 2.21. The highest BCUT2D eigenvalue weighted by atomic mass is 16.4. The van der Waals surface area contributed by atoms with Crippen LogP contribution in [-0.4, -0.2) is 27.0 Å². The summed E-state index contributed by atoms with van der Waals surface area (Å²) < 4.78 is 0. The second-order valence-electron chi connectivity index (χ2n) is 3.61. The molecule has 2 aromatic heterocycles. The highest BCUT2D eigenvalue weighted by Crippen LogP contribution is 2.04. The summed E-state index contributed by atoms with van der Waals surface area (Å²) in [6.45, 7) is 0. The summed E-state index contributed by atoms with van der Waals surface area (Å²) in [5.41, 5.74) is -0.792. The van der Waals surface area contributed by atoms with E-state index in [1.165, 1.54) is 30.6 Å². The molecule has 0 aromatic carbocycles. The molecule has 0 saturated heterocycles. The molecule has 1 amide bonds. The van der Waals surface area contributed by atoms with Gasteiger partial charge in [-0.15, -0.1) is 0 Å². The molecule has 0 unspecified atom stereocenters. The van der Waals surface area contributed by atoms with E-state index in [1.54, 1.807) is 0 Å². The molecule has 0 radical (unpaired) electrons. The van der Waals surface area contributed by atoms with Crippen LogP contribution in [0.25, 0.3) is 0 Å². The van der Waals surface area contributed by atoms with Crippen LogP contribution in [0.3, 0.4) is 0 Å². The molecule has 0 aliphatic carbocycles. The molecule has 3 N–H and O–H groups in total. The minimum atomic E-state index is -1.33. The van der Waals surface area contributed by atoms with Crippen molar-refractivity contribution in [1.29, 1.82) is 0 Å². The molecule has 0 spiro atoms. The summed E-state index contributed by atoms with van der Waals surface area (Å²) in [6.07, 6.45) is 2.93. The minimum absolute atomic E-state index is 0.122. The first-order chi connectivity index (χ1) is 9.08. The molecule has 0 saturated carbocycles. The van der Waals surface area contributed by atoms with Gasteiger partial charge < -0.3 is 15.4 Å². The highest BCUT2D eigenvalue weighted by Gasteiger charge is 2.10. The van der Waals surface area contributed by atoms with Crippen molar-refractivity contribution in [2.45, 2.75) is 0 Å². The average Bonchev–Trinajstić information content (AvgIpc) is 2.39. The number of rotatable bonds is 3. The van der Waals surface area contributed by atoms with Crippen molar-refractivity contribution in [3.8, 4) is 0 Å². The van der Waals surface area contributed by atoms with E-state index < -0.39 is 17.4 Å². The first kappa shape index (κ1) is 12.5. The van der Waals surface area contributed by atoms with Gasteiger partial charge in [-0.05, 0) is 24.3 Å². The molecule has 0 aliphatic rings. The van der Waals surface area contributed by atoms with Crippen LogP contribution in [-0.2, 0) is 0 Å². The Morgan fingerprint density at radius 3 is 2.42 bits per heavy atom. The van der Waals surface area contributed by atoms with E-state index in [1.807, 2.05) is 0 Å². The van der Waals surface area contributed by atoms with Crippen LogP contribution in [0.2, 0.25) is 0 Å². The Hall–Kier alpha value is -2.96. The molecule has 2 rings (SSSR count). The second kappa shape index (κ2) is 5.13. The van der Waals surface area contributed by atoms with E-state index in [-0.39, 0.29) is 11.4 Å². The van der Waals surface area contributed by atoms with Gasteiger partial charge in [0.15, 0.2) is 0 Å². The van der Waals surface area contributed by atoms with Gasteiger partial charge in [0.1, 0.15) is 11.4 Å². The normalized spacial score (nSPS) is 9.89. The number of aromatic nitrogens is 2. The van der Waals surface area contributed by atoms with Crippen molar-refractivity contribution in [1.82, 2.24) is 9.97 Å². The van der Waals surface area contributed by atoms with Gasteiger partial charge in [-0.3, -0.25) is 14.6 Å². The molecule has 19 heavy (non-hydrogen) atoms. The van der Waals surface area contributed by atoms with Gasteiger partial charge in [0.2, 0.25) is 0 Å². The van der Waals surface area contributed by atoms with Crippen molar-refractivity contribution >= 4 is 17.7 Å². The zero-order chi connectivity index (χ0) is 13.8.